The quantitative estimate of drug-likeness (QED) is 0.641. The summed E-state index contributed by atoms with van der Waals surface area (Å²) >= 11 is 0. The van der Waals surface area contributed by atoms with E-state index in [1.165, 1.54) is 0 Å². The monoisotopic (exact) mass is 196 g/mol. The molecule has 0 amide bonds. The molecule has 0 radical (unpaired) electrons. The third kappa shape index (κ3) is 2.70. The molecule has 0 spiro atoms. The third-order valence-electron chi connectivity index (χ3n) is 2.45. The van der Waals surface area contributed by atoms with E-state index in [4.69, 9.17) is 10.00 Å². The fourth-order valence-corrected chi connectivity index (χ4v) is 2.20. The van der Waals surface area contributed by atoms with Crippen LogP contribution in [0.25, 0.3) is 0 Å². The summed E-state index contributed by atoms with van der Waals surface area (Å²) in [5, 5.41) is 8.89. The van der Waals surface area contributed by atoms with Gasteiger partial charge >= 0.3 is 0 Å². The number of hydrogen-bond donors (Lipinski definition) is 0. The number of rotatable bonds is 1. The molecule has 0 bridgehead atoms. The Hall–Kier alpha value is -0.590. The maximum absolute atomic E-state index is 8.89. The van der Waals surface area contributed by atoms with Gasteiger partial charge in [-0.1, -0.05) is 0 Å². The maximum Gasteiger partial charge on any atom is 0.0951 e. The maximum atomic E-state index is 8.89. The van der Waals surface area contributed by atoms with Crippen molar-refractivity contribution >= 4 is 0 Å². The van der Waals surface area contributed by atoms with Crippen LogP contribution in [-0.4, -0.2) is 35.2 Å². The number of ether oxygens (including phenoxy) is 1. The number of nitriles is 1. The van der Waals surface area contributed by atoms with Crippen LogP contribution in [0.4, 0.5) is 0 Å². The lowest BCUT2D eigenvalue weighted by Crippen LogP contribution is -2.59. The van der Waals surface area contributed by atoms with E-state index in [-0.39, 0.29) is 17.2 Å². The third-order valence-corrected chi connectivity index (χ3v) is 2.45. The number of nitrogens with zero attached hydrogens (tertiary/aromatic N) is 2. The van der Waals surface area contributed by atoms with Gasteiger partial charge in [0, 0.05) is 13.1 Å². The number of morpholine rings is 1. The lowest BCUT2D eigenvalue weighted by Gasteiger charge is -2.48. The van der Waals surface area contributed by atoms with Crippen LogP contribution in [0, 0.1) is 11.3 Å². The molecule has 80 valence electrons. The van der Waals surface area contributed by atoms with Crippen molar-refractivity contribution < 1.29 is 4.74 Å². The molecule has 0 aromatic carbocycles. The average Bonchev–Trinajstić information content (AvgIpc) is 1.97. The molecular formula is C11H20N2O. The molecule has 0 aromatic rings. The second kappa shape index (κ2) is 3.52. The molecule has 1 fully saturated rings. The van der Waals surface area contributed by atoms with Crippen molar-refractivity contribution in [3.63, 3.8) is 0 Å². The minimum absolute atomic E-state index is 0.0301. The summed E-state index contributed by atoms with van der Waals surface area (Å²) in [6.45, 7) is 11.9. The first-order chi connectivity index (χ1) is 6.26. The van der Waals surface area contributed by atoms with Crippen LogP contribution in [0.5, 0.6) is 0 Å². The summed E-state index contributed by atoms with van der Waals surface area (Å²) in [5.41, 5.74) is -0.320. The van der Waals surface area contributed by atoms with Crippen LogP contribution in [-0.2, 0) is 4.74 Å². The normalized spacial score (nSPS) is 28.0. The van der Waals surface area contributed by atoms with Crippen LogP contribution in [0.1, 0.15) is 34.6 Å². The minimum atomic E-state index is -0.160. The predicted molar refractivity (Wildman–Crippen MR) is 55.9 cm³/mol. The van der Waals surface area contributed by atoms with Gasteiger partial charge in [-0.25, -0.2) is 0 Å². The van der Waals surface area contributed by atoms with Crippen LogP contribution in [0.2, 0.25) is 0 Å². The Balaban J connectivity index is 2.77. The molecule has 1 saturated heterocycles. The van der Waals surface area contributed by atoms with E-state index in [0.29, 0.717) is 0 Å². The molecule has 1 unspecified atom stereocenters. The van der Waals surface area contributed by atoms with E-state index in [1.54, 1.807) is 0 Å². The first-order valence-electron chi connectivity index (χ1n) is 5.10. The van der Waals surface area contributed by atoms with Gasteiger partial charge in [0.05, 0.1) is 23.3 Å². The summed E-state index contributed by atoms with van der Waals surface area (Å²) in [6.07, 6.45) is 0. The molecule has 1 atom stereocenters. The average molecular weight is 196 g/mol. The first-order valence-corrected chi connectivity index (χ1v) is 5.10. The molecular weight excluding hydrogens is 176 g/mol. The van der Waals surface area contributed by atoms with Gasteiger partial charge < -0.3 is 4.74 Å². The van der Waals surface area contributed by atoms with Gasteiger partial charge in [-0.05, 0) is 34.6 Å². The molecule has 1 heterocycles. The van der Waals surface area contributed by atoms with Crippen LogP contribution >= 0.6 is 0 Å². The summed E-state index contributed by atoms with van der Waals surface area (Å²) < 4.78 is 5.93. The van der Waals surface area contributed by atoms with E-state index < -0.39 is 0 Å². The smallest absolute Gasteiger partial charge is 0.0951 e. The van der Waals surface area contributed by atoms with Crippen molar-refractivity contribution in [2.45, 2.75) is 51.9 Å². The molecule has 3 nitrogen and oxygen atoms in total. The molecule has 1 aliphatic heterocycles. The van der Waals surface area contributed by atoms with Gasteiger partial charge in [-0.15, -0.1) is 0 Å². The van der Waals surface area contributed by atoms with Gasteiger partial charge in [0.15, 0.2) is 0 Å². The van der Waals surface area contributed by atoms with Gasteiger partial charge in [-0.3, -0.25) is 4.90 Å². The van der Waals surface area contributed by atoms with Crippen molar-refractivity contribution in [3.8, 4) is 6.07 Å². The van der Waals surface area contributed by atoms with Gasteiger partial charge in [0.2, 0.25) is 0 Å². The summed E-state index contributed by atoms with van der Waals surface area (Å²) in [5.74, 6) is 0. The zero-order valence-corrected chi connectivity index (χ0v) is 9.79. The molecule has 0 saturated carbocycles. The highest BCUT2D eigenvalue weighted by atomic mass is 16.5. The lowest BCUT2D eigenvalue weighted by molar-refractivity contribution is -0.183. The van der Waals surface area contributed by atoms with E-state index in [0.717, 1.165) is 13.1 Å². The van der Waals surface area contributed by atoms with Crippen LogP contribution < -0.4 is 0 Å². The lowest BCUT2D eigenvalue weighted by atomic mass is 9.98. The zero-order chi connectivity index (χ0) is 11.0. The predicted octanol–water partition coefficient (Wildman–Crippen LogP) is 1.79. The summed E-state index contributed by atoms with van der Waals surface area (Å²) in [7, 11) is 0. The van der Waals surface area contributed by atoms with E-state index in [2.05, 4.69) is 38.7 Å². The Kier molecular flexibility index (Phi) is 2.89. The second-order valence-electron chi connectivity index (χ2n) is 5.33. The summed E-state index contributed by atoms with van der Waals surface area (Å²) in [4.78, 5) is 2.18. The molecule has 3 heteroatoms. The second-order valence-corrected chi connectivity index (χ2v) is 5.33. The van der Waals surface area contributed by atoms with Crippen molar-refractivity contribution in [1.82, 2.24) is 4.90 Å². The highest BCUT2D eigenvalue weighted by molar-refractivity contribution is 4.97. The molecule has 1 aliphatic rings. The Labute approximate surface area is 86.6 Å². The Morgan fingerprint density at radius 2 is 1.64 bits per heavy atom. The van der Waals surface area contributed by atoms with Crippen molar-refractivity contribution in [3.05, 3.63) is 0 Å². The first kappa shape index (κ1) is 11.5. The van der Waals surface area contributed by atoms with Gasteiger partial charge in [-0.2, -0.15) is 5.26 Å². The standard InChI is InChI=1S/C11H20N2O/c1-9(6-12)13-7-10(2,3)14-11(4,5)8-13/h9H,7-8H2,1-5H3. The van der Waals surface area contributed by atoms with E-state index >= 15 is 0 Å². The van der Waals surface area contributed by atoms with Crippen molar-refractivity contribution in [2.75, 3.05) is 13.1 Å². The fraction of sp³-hybridized carbons (Fsp3) is 0.909. The van der Waals surface area contributed by atoms with Crippen LogP contribution in [0.15, 0.2) is 0 Å². The highest BCUT2D eigenvalue weighted by Gasteiger charge is 2.39. The van der Waals surface area contributed by atoms with Gasteiger partial charge in [0.1, 0.15) is 0 Å². The molecule has 14 heavy (non-hydrogen) atoms. The Morgan fingerprint density at radius 3 is 2.00 bits per heavy atom. The zero-order valence-electron chi connectivity index (χ0n) is 9.79. The van der Waals surface area contributed by atoms with Crippen LogP contribution in [0.3, 0.4) is 0 Å². The van der Waals surface area contributed by atoms with Gasteiger partial charge in [0.25, 0.3) is 0 Å². The molecule has 1 rings (SSSR count). The summed E-state index contributed by atoms with van der Waals surface area (Å²) in [6, 6.07) is 2.25. The SMILES string of the molecule is CC(C#N)N1CC(C)(C)OC(C)(C)C1. The molecule has 0 aliphatic carbocycles. The van der Waals surface area contributed by atoms with E-state index in [9.17, 15) is 0 Å². The largest absolute Gasteiger partial charge is 0.367 e. The fourth-order valence-electron chi connectivity index (χ4n) is 2.20. The minimum Gasteiger partial charge on any atom is -0.367 e. The van der Waals surface area contributed by atoms with Crippen molar-refractivity contribution in [1.29, 1.82) is 5.26 Å². The van der Waals surface area contributed by atoms with Crippen molar-refractivity contribution in [2.24, 2.45) is 0 Å². The topological polar surface area (TPSA) is 36.3 Å². The molecule has 0 N–H and O–H groups in total. The Morgan fingerprint density at radius 1 is 1.21 bits per heavy atom. The number of hydrogen-bond acceptors (Lipinski definition) is 3. The Bertz CT molecular complexity index is 237. The highest BCUT2D eigenvalue weighted by Crippen LogP contribution is 2.28. The van der Waals surface area contributed by atoms with E-state index in [1.807, 2.05) is 6.92 Å². The molecule has 0 aromatic heterocycles.